The molecule has 0 saturated carbocycles. The fraction of sp³-hybridized carbons (Fsp3) is 0.292. The predicted octanol–water partition coefficient (Wildman–Crippen LogP) is 4.21. The molecule has 1 unspecified atom stereocenters. The van der Waals surface area contributed by atoms with Gasteiger partial charge >= 0.3 is 0 Å². The highest BCUT2D eigenvalue weighted by Gasteiger charge is 2.18. The molecular weight excluding hydrogens is 406 g/mol. The maximum absolute atomic E-state index is 12.8. The summed E-state index contributed by atoms with van der Waals surface area (Å²) in [5, 5.41) is 2.87. The van der Waals surface area contributed by atoms with Gasteiger partial charge in [-0.25, -0.2) is 9.97 Å². The number of aromatic nitrogens is 4. The van der Waals surface area contributed by atoms with Crippen molar-refractivity contribution < 1.29 is 14.3 Å². The minimum absolute atomic E-state index is 0.230. The summed E-state index contributed by atoms with van der Waals surface area (Å²) in [7, 11) is 3.32. The average Bonchev–Trinajstić information content (AvgIpc) is 3.47. The molecule has 8 nitrogen and oxygen atoms in total. The molecule has 2 heterocycles. The number of carbonyl (C=O) groups is 1. The highest BCUT2D eigenvalue weighted by atomic mass is 16.5. The fourth-order valence-corrected chi connectivity index (χ4v) is 3.70. The van der Waals surface area contributed by atoms with E-state index in [1.165, 1.54) is 0 Å². The van der Waals surface area contributed by atoms with E-state index in [4.69, 9.17) is 9.47 Å². The van der Waals surface area contributed by atoms with Crippen molar-refractivity contribution in [2.24, 2.45) is 0 Å². The van der Waals surface area contributed by atoms with E-state index in [1.807, 2.05) is 47.2 Å². The van der Waals surface area contributed by atoms with Crippen molar-refractivity contribution in [3.8, 4) is 5.75 Å². The number of amides is 1. The summed E-state index contributed by atoms with van der Waals surface area (Å²) in [6, 6.07) is 11.4. The van der Waals surface area contributed by atoms with E-state index < -0.39 is 0 Å². The maximum atomic E-state index is 12.8. The Balaban J connectivity index is 1.53. The molecule has 0 aliphatic rings. The monoisotopic (exact) mass is 433 g/mol. The Labute approximate surface area is 186 Å². The lowest BCUT2D eigenvalue weighted by molar-refractivity contribution is 0.102. The van der Waals surface area contributed by atoms with Gasteiger partial charge in [0.1, 0.15) is 11.3 Å². The number of hydrogen-bond donors (Lipinski definition) is 2. The van der Waals surface area contributed by atoms with Gasteiger partial charge in [0.15, 0.2) is 0 Å². The second kappa shape index (κ2) is 9.65. The Morgan fingerprint density at radius 2 is 2.00 bits per heavy atom. The number of anilines is 1. The van der Waals surface area contributed by atoms with Crippen LogP contribution in [0.2, 0.25) is 0 Å². The van der Waals surface area contributed by atoms with Crippen LogP contribution in [0.4, 0.5) is 5.95 Å². The second-order valence-electron chi connectivity index (χ2n) is 7.73. The molecule has 166 valence electrons. The highest BCUT2D eigenvalue weighted by molar-refractivity contribution is 6.04. The zero-order chi connectivity index (χ0) is 22.5. The Kier molecular flexibility index (Phi) is 6.51. The number of rotatable bonds is 9. The topological polar surface area (TPSA) is 94.1 Å². The second-order valence-corrected chi connectivity index (χ2v) is 7.73. The first kappa shape index (κ1) is 21.6. The van der Waals surface area contributed by atoms with Crippen LogP contribution in [0, 0.1) is 0 Å². The van der Waals surface area contributed by atoms with E-state index in [0.29, 0.717) is 30.4 Å². The number of benzene rings is 2. The van der Waals surface area contributed by atoms with Gasteiger partial charge < -0.3 is 19.0 Å². The number of carbonyl (C=O) groups excluding carboxylic acids is 1. The molecule has 1 atom stereocenters. The lowest BCUT2D eigenvalue weighted by Crippen LogP contribution is -2.13. The zero-order valence-electron chi connectivity index (χ0n) is 18.5. The number of ether oxygens (including phenoxy) is 2. The van der Waals surface area contributed by atoms with Crippen molar-refractivity contribution in [3.05, 3.63) is 71.8 Å². The van der Waals surface area contributed by atoms with E-state index >= 15 is 0 Å². The van der Waals surface area contributed by atoms with Gasteiger partial charge in [-0.05, 0) is 41.7 Å². The van der Waals surface area contributed by atoms with E-state index in [-0.39, 0.29) is 11.8 Å². The first-order valence-electron chi connectivity index (χ1n) is 10.5. The summed E-state index contributed by atoms with van der Waals surface area (Å²) in [5.41, 5.74) is 4.28. The van der Waals surface area contributed by atoms with Crippen molar-refractivity contribution in [3.63, 3.8) is 0 Å². The normalized spacial score (nSPS) is 12.1. The summed E-state index contributed by atoms with van der Waals surface area (Å²) < 4.78 is 12.7. The van der Waals surface area contributed by atoms with Gasteiger partial charge in [0.25, 0.3) is 5.91 Å². The Hall–Kier alpha value is -3.65. The third-order valence-electron chi connectivity index (χ3n) is 5.52. The smallest absolute Gasteiger partial charge is 0.257 e. The molecule has 0 aliphatic heterocycles. The standard InChI is InChI=1S/C24H27N5O3/c1-16(10-13-31-2)19-8-9-20(32-3)22-21(19)26-24(27-22)28-23(30)18-6-4-17(5-7-18)14-29-12-11-25-15-29/h4-9,11-12,15-16H,10,13-14H2,1-3H3,(H2,26,27,28,30). The molecule has 0 spiro atoms. The average molecular weight is 434 g/mol. The summed E-state index contributed by atoms with van der Waals surface area (Å²) >= 11 is 0. The molecular formula is C24H27N5O3. The minimum Gasteiger partial charge on any atom is -0.494 e. The zero-order valence-corrected chi connectivity index (χ0v) is 18.5. The van der Waals surface area contributed by atoms with E-state index in [2.05, 4.69) is 27.2 Å². The molecule has 4 rings (SSSR count). The quantitative estimate of drug-likeness (QED) is 0.412. The van der Waals surface area contributed by atoms with Crippen molar-refractivity contribution in [1.82, 2.24) is 19.5 Å². The van der Waals surface area contributed by atoms with Crippen LogP contribution >= 0.6 is 0 Å². The van der Waals surface area contributed by atoms with E-state index in [0.717, 1.165) is 28.6 Å². The number of nitrogens with one attached hydrogen (secondary N) is 2. The van der Waals surface area contributed by atoms with Crippen LogP contribution in [0.1, 0.15) is 40.7 Å². The van der Waals surface area contributed by atoms with Gasteiger partial charge in [0.2, 0.25) is 5.95 Å². The lowest BCUT2D eigenvalue weighted by Gasteiger charge is -2.13. The number of aromatic amines is 1. The Bertz CT molecular complexity index is 1180. The summed E-state index contributed by atoms with van der Waals surface area (Å²) in [5.74, 6) is 1.08. The van der Waals surface area contributed by atoms with Crippen LogP contribution in [0.15, 0.2) is 55.1 Å². The summed E-state index contributed by atoms with van der Waals surface area (Å²) in [4.78, 5) is 24.7. The number of hydrogen-bond acceptors (Lipinski definition) is 5. The van der Waals surface area contributed by atoms with Crippen LogP contribution in [0.3, 0.4) is 0 Å². The molecule has 2 aromatic carbocycles. The third kappa shape index (κ3) is 4.65. The van der Waals surface area contributed by atoms with Crippen LogP contribution in [-0.2, 0) is 11.3 Å². The van der Waals surface area contributed by atoms with Crippen LogP contribution in [-0.4, -0.2) is 46.3 Å². The molecule has 0 bridgehead atoms. The highest BCUT2D eigenvalue weighted by Crippen LogP contribution is 2.33. The first-order chi connectivity index (χ1) is 15.6. The summed E-state index contributed by atoms with van der Waals surface area (Å²) in [6.45, 7) is 3.51. The van der Waals surface area contributed by atoms with Gasteiger partial charge in [-0.1, -0.05) is 25.1 Å². The van der Waals surface area contributed by atoms with Gasteiger partial charge in [-0.3, -0.25) is 10.1 Å². The minimum atomic E-state index is -0.230. The molecule has 32 heavy (non-hydrogen) atoms. The fourth-order valence-electron chi connectivity index (χ4n) is 3.70. The number of fused-ring (bicyclic) bond motifs is 1. The van der Waals surface area contributed by atoms with Gasteiger partial charge in [0.05, 0.1) is 19.0 Å². The molecule has 2 N–H and O–H groups in total. The van der Waals surface area contributed by atoms with Crippen molar-refractivity contribution in [1.29, 1.82) is 0 Å². The van der Waals surface area contributed by atoms with Crippen molar-refractivity contribution in [2.45, 2.75) is 25.8 Å². The van der Waals surface area contributed by atoms with Gasteiger partial charge in [-0.15, -0.1) is 0 Å². The number of methoxy groups -OCH3 is 2. The van der Waals surface area contributed by atoms with Gasteiger partial charge in [0, 0.05) is 38.2 Å². The predicted molar refractivity (Wildman–Crippen MR) is 123 cm³/mol. The molecule has 0 radical (unpaired) electrons. The van der Waals surface area contributed by atoms with Crippen molar-refractivity contribution >= 4 is 22.9 Å². The molecule has 0 fully saturated rings. The van der Waals surface area contributed by atoms with Crippen molar-refractivity contribution in [2.75, 3.05) is 26.1 Å². The van der Waals surface area contributed by atoms with E-state index in [9.17, 15) is 4.79 Å². The Morgan fingerprint density at radius 3 is 2.69 bits per heavy atom. The third-order valence-corrected chi connectivity index (χ3v) is 5.52. The van der Waals surface area contributed by atoms with Crippen LogP contribution in [0.25, 0.3) is 11.0 Å². The molecule has 4 aromatic rings. The van der Waals surface area contributed by atoms with E-state index in [1.54, 1.807) is 26.7 Å². The lowest BCUT2D eigenvalue weighted by atomic mass is 9.96. The van der Waals surface area contributed by atoms with Gasteiger partial charge in [-0.2, -0.15) is 0 Å². The largest absolute Gasteiger partial charge is 0.494 e. The van der Waals surface area contributed by atoms with Crippen LogP contribution < -0.4 is 10.1 Å². The first-order valence-corrected chi connectivity index (χ1v) is 10.5. The SMILES string of the molecule is COCCC(C)c1ccc(OC)c2[nH]c(NC(=O)c3ccc(Cn4ccnc4)cc3)nc12. The number of nitrogens with zero attached hydrogens (tertiary/aromatic N) is 3. The molecule has 0 aliphatic carbocycles. The summed E-state index contributed by atoms with van der Waals surface area (Å²) in [6.07, 6.45) is 6.29. The number of imidazole rings is 2. The molecule has 8 heteroatoms. The maximum Gasteiger partial charge on any atom is 0.257 e. The molecule has 2 aromatic heterocycles. The number of H-pyrrole nitrogens is 1. The molecule has 1 amide bonds. The van der Waals surface area contributed by atoms with Crippen LogP contribution in [0.5, 0.6) is 5.75 Å². The molecule has 0 saturated heterocycles. The Morgan fingerprint density at radius 1 is 1.19 bits per heavy atom.